The topological polar surface area (TPSA) is 0 Å². The largest absolute Gasteiger partial charge is 0.105 e. The molecule has 0 unspecified atom stereocenters. The maximum absolute atomic E-state index is 2.33. The normalized spacial score (nSPS) is 13.1. The van der Waals surface area contributed by atoms with Gasteiger partial charge in [-0.1, -0.05) is 69.7 Å². The molecule has 16 heavy (non-hydrogen) atoms. The molecule has 2 heteroatoms. The third-order valence-electron chi connectivity index (χ3n) is 4.17. The van der Waals surface area contributed by atoms with Gasteiger partial charge in [0.15, 0.2) is 0 Å². The standard InChI is InChI=1S/C14H24B2/c1-10(2)11-6-8-12(9-7-11)14(15,16)13(3,4)5/h6-10H,15-16H2,1-5H3. The van der Waals surface area contributed by atoms with Crippen molar-refractivity contribution in [2.45, 2.75) is 45.8 Å². The van der Waals surface area contributed by atoms with E-state index in [4.69, 9.17) is 0 Å². The van der Waals surface area contributed by atoms with E-state index in [0.29, 0.717) is 5.92 Å². The SMILES string of the molecule is BC(B)(c1ccc(C(C)C)cc1)C(C)(C)C. The van der Waals surface area contributed by atoms with E-state index < -0.39 is 0 Å². The highest BCUT2D eigenvalue weighted by molar-refractivity contribution is 6.40. The minimum atomic E-state index is 0.211. The van der Waals surface area contributed by atoms with Gasteiger partial charge in [0.05, 0.1) is 0 Å². The molecule has 0 N–H and O–H groups in total. The van der Waals surface area contributed by atoms with Gasteiger partial charge in [-0.05, 0) is 16.9 Å². The Hall–Kier alpha value is -0.650. The van der Waals surface area contributed by atoms with Gasteiger partial charge < -0.3 is 0 Å². The van der Waals surface area contributed by atoms with Crippen LogP contribution in [0, 0.1) is 5.41 Å². The van der Waals surface area contributed by atoms with Gasteiger partial charge in [-0.15, -0.1) is 0 Å². The molecule has 0 saturated carbocycles. The Morgan fingerprint density at radius 1 is 0.938 bits per heavy atom. The van der Waals surface area contributed by atoms with Crippen LogP contribution in [0.3, 0.4) is 0 Å². The first-order valence-electron chi connectivity index (χ1n) is 6.26. The van der Waals surface area contributed by atoms with E-state index >= 15 is 0 Å². The highest BCUT2D eigenvalue weighted by Crippen LogP contribution is 2.36. The van der Waals surface area contributed by atoms with Crippen LogP contribution >= 0.6 is 0 Å². The fraction of sp³-hybridized carbons (Fsp3) is 0.571. The molecule has 1 aromatic rings. The molecule has 1 aromatic carbocycles. The van der Waals surface area contributed by atoms with Gasteiger partial charge >= 0.3 is 0 Å². The highest BCUT2D eigenvalue weighted by Gasteiger charge is 2.33. The molecule has 0 aromatic heterocycles. The molecule has 0 spiro atoms. The summed E-state index contributed by atoms with van der Waals surface area (Å²) < 4.78 is 0. The van der Waals surface area contributed by atoms with Crippen LogP contribution in [-0.2, 0) is 5.21 Å². The van der Waals surface area contributed by atoms with Crippen molar-refractivity contribution in [3.63, 3.8) is 0 Å². The van der Waals surface area contributed by atoms with Crippen LogP contribution in [0.4, 0.5) is 0 Å². The predicted molar refractivity (Wildman–Crippen MR) is 78.8 cm³/mol. The van der Waals surface area contributed by atoms with E-state index in [2.05, 4.69) is 74.6 Å². The third-order valence-corrected chi connectivity index (χ3v) is 4.17. The summed E-state index contributed by atoms with van der Waals surface area (Å²) >= 11 is 0. The molecule has 0 nitrogen and oxygen atoms in total. The van der Waals surface area contributed by atoms with Crippen molar-refractivity contribution in [1.82, 2.24) is 0 Å². The van der Waals surface area contributed by atoms with Gasteiger partial charge in [0, 0.05) is 0 Å². The van der Waals surface area contributed by atoms with Crippen LogP contribution in [0.25, 0.3) is 0 Å². The summed E-state index contributed by atoms with van der Waals surface area (Å²) in [5.41, 5.74) is 3.14. The van der Waals surface area contributed by atoms with Crippen molar-refractivity contribution in [3.8, 4) is 0 Å². The van der Waals surface area contributed by atoms with E-state index in [1.807, 2.05) is 0 Å². The fourth-order valence-corrected chi connectivity index (χ4v) is 1.72. The smallest absolute Gasteiger partial charge is 0.0607 e. The number of benzene rings is 1. The molecule has 0 fully saturated rings. The molecule has 86 valence electrons. The van der Waals surface area contributed by atoms with Crippen LogP contribution < -0.4 is 0 Å². The Morgan fingerprint density at radius 3 is 1.69 bits per heavy atom. The van der Waals surface area contributed by atoms with Crippen molar-refractivity contribution in [2.24, 2.45) is 5.41 Å². The average Bonchev–Trinajstić information content (AvgIpc) is 2.16. The molecule has 0 bridgehead atoms. The summed E-state index contributed by atoms with van der Waals surface area (Å²) in [4.78, 5) is 0. The van der Waals surface area contributed by atoms with E-state index in [0.717, 1.165) is 0 Å². The highest BCUT2D eigenvalue weighted by atomic mass is 14.3. The van der Waals surface area contributed by atoms with E-state index in [-0.39, 0.29) is 10.6 Å². The molecule has 0 saturated heterocycles. The lowest BCUT2D eigenvalue weighted by Gasteiger charge is -2.40. The Morgan fingerprint density at radius 2 is 1.38 bits per heavy atom. The first-order chi connectivity index (χ1) is 7.16. The lowest BCUT2D eigenvalue weighted by Crippen LogP contribution is -2.41. The molecular weight excluding hydrogens is 190 g/mol. The summed E-state index contributed by atoms with van der Waals surface area (Å²) in [6, 6.07) is 9.13. The lowest BCUT2D eigenvalue weighted by molar-refractivity contribution is 0.358. The molecule has 1 rings (SSSR count). The fourth-order valence-electron chi connectivity index (χ4n) is 1.72. The number of rotatable bonds is 2. The van der Waals surface area contributed by atoms with Crippen LogP contribution in [0.1, 0.15) is 51.7 Å². The van der Waals surface area contributed by atoms with Crippen LogP contribution in [0.5, 0.6) is 0 Å². The maximum Gasteiger partial charge on any atom is 0.105 e. The van der Waals surface area contributed by atoms with Crippen molar-refractivity contribution in [3.05, 3.63) is 35.4 Å². The monoisotopic (exact) mass is 214 g/mol. The van der Waals surface area contributed by atoms with Crippen LogP contribution in [0.15, 0.2) is 24.3 Å². The van der Waals surface area contributed by atoms with E-state index in [9.17, 15) is 0 Å². The second-order valence-electron chi connectivity index (χ2n) is 6.65. The van der Waals surface area contributed by atoms with Crippen molar-refractivity contribution in [2.75, 3.05) is 0 Å². The lowest BCUT2D eigenvalue weighted by atomic mass is 9.41. The van der Waals surface area contributed by atoms with Gasteiger partial charge in [0.25, 0.3) is 0 Å². The second-order valence-corrected chi connectivity index (χ2v) is 6.65. The maximum atomic E-state index is 2.33. The predicted octanol–water partition coefficient (Wildman–Crippen LogP) is 2.28. The van der Waals surface area contributed by atoms with Crippen molar-refractivity contribution < 1.29 is 0 Å². The first kappa shape index (κ1) is 13.4. The molecule has 0 radical (unpaired) electrons. The summed E-state index contributed by atoms with van der Waals surface area (Å²) in [6.45, 7) is 11.4. The van der Waals surface area contributed by atoms with Crippen molar-refractivity contribution >= 4 is 15.7 Å². The Bertz CT molecular complexity index is 342. The van der Waals surface area contributed by atoms with Gasteiger partial charge in [0.2, 0.25) is 0 Å². The molecule has 0 atom stereocenters. The molecule has 0 amide bonds. The van der Waals surface area contributed by atoms with E-state index in [1.54, 1.807) is 0 Å². The Labute approximate surface area is 103 Å². The van der Waals surface area contributed by atoms with Gasteiger partial charge in [-0.2, -0.15) is 0 Å². The van der Waals surface area contributed by atoms with E-state index in [1.165, 1.54) is 11.1 Å². The number of hydrogen-bond donors (Lipinski definition) is 0. The second kappa shape index (κ2) is 4.31. The minimum absolute atomic E-state index is 0.211. The zero-order valence-electron chi connectivity index (χ0n) is 11.9. The van der Waals surface area contributed by atoms with Gasteiger partial charge in [-0.25, -0.2) is 0 Å². The molecule has 0 heterocycles. The molecular formula is C14H24B2. The quantitative estimate of drug-likeness (QED) is 0.662. The molecule has 0 aliphatic rings. The van der Waals surface area contributed by atoms with Crippen molar-refractivity contribution in [1.29, 1.82) is 0 Å². The molecule has 0 aliphatic heterocycles. The average molecular weight is 214 g/mol. The Kier molecular flexibility index (Phi) is 3.62. The number of hydrogen-bond acceptors (Lipinski definition) is 0. The summed E-state index contributed by atoms with van der Waals surface area (Å²) in [7, 11) is 4.66. The van der Waals surface area contributed by atoms with Crippen LogP contribution in [-0.4, -0.2) is 15.7 Å². The van der Waals surface area contributed by atoms with Gasteiger partial charge in [0.1, 0.15) is 15.7 Å². The Balaban J connectivity index is 3.07. The minimum Gasteiger partial charge on any atom is -0.0607 e. The zero-order chi connectivity index (χ0) is 12.6. The molecule has 0 aliphatic carbocycles. The summed E-state index contributed by atoms with van der Waals surface area (Å²) in [6.07, 6.45) is 0. The van der Waals surface area contributed by atoms with Gasteiger partial charge in [-0.3, -0.25) is 0 Å². The third kappa shape index (κ3) is 2.53. The van der Waals surface area contributed by atoms with Crippen LogP contribution in [0.2, 0.25) is 0 Å². The first-order valence-corrected chi connectivity index (χ1v) is 6.26. The summed E-state index contributed by atoms with van der Waals surface area (Å²) in [5.74, 6) is 0.617. The zero-order valence-corrected chi connectivity index (χ0v) is 11.9. The summed E-state index contributed by atoms with van der Waals surface area (Å²) in [5, 5.41) is 0.211.